The van der Waals surface area contributed by atoms with Crippen LogP contribution >= 0.6 is 0 Å². The largest absolute Gasteiger partial charge is 0.355 e. The number of hydrogen-bond acceptors (Lipinski definition) is 4. The van der Waals surface area contributed by atoms with E-state index in [1.54, 1.807) is 0 Å². The Labute approximate surface area is 139 Å². The van der Waals surface area contributed by atoms with Gasteiger partial charge in [-0.05, 0) is 45.7 Å². The summed E-state index contributed by atoms with van der Waals surface area (Å²) in [4.78, 5) is 14.2. The molecule has 1 fully saturated rings. The Morgan fingerprint density at radius 1 is 1.35 bits per heavy atom. The van der Waals surface area contributed by atoms with Gasteiger partial charge in [0.05, 0.1) is 11.7 Å². The van der Waals surface area contributed by atoms with E-state index in [4.69, 9.17) is 0 Å². The van der Waals surface area contributed by atoms with E-state index in [2.05, 4.69) is 41.3 Å². The first-order chi connectivity index (χ1) is 10.9. The molecule has 6 nitrogen and oxygen atoms in total. The molecule has 1 aliphatic rings. The third-order valence-electron chi connectivity index (χ3n) is 4.49. The minimum absolute atomic E-state index is 0.0515. The van der Waals surface area contributed by atoms with Gasteiger partial charge in [0, 0.05) is 24.7 Å². The average Bonchev–Trinajstić information content (AvgIpc) is 3.10. The topological polar surface area (TPSA) is 63.1 Å². The number of aryl methyl sites for hydroxylation is 1. The lowest BCUT2D eigenvalue weighted by molar-refractivity contribution is -0.125. The summed E-state index contributed by atoms with van der Waals surface area (Å²) in [6.07, 6.45) is 7.33. The Morgan fingerprint density at radius 2 is 2.13 bits per heavy atom. The Bertz CT molecular complexity index is 505. The van der Waals surface area contributed by atoms with Gasteiger partial charge in [-0.25, -0.2) is 0 Å². The van der Waals surface area contributed by atoms with E-state index < -0.39 is 0 Å². The van der Waals surface area contributed by atoms with Crippen LogP contribution in [0.15, 0.2) is 6.20 Å². The Balaban J connectivity index is 1.57. The zero-order valence-electron chi connectivity index (χ0n) is 15.0. The van der Waals surface area contributed by atoms with Crippen LogP contribution < -0.4 is 5.32 Å². The summed E-state index contributed by atoms with van der Waals surface area (Å²) in [6.45, 7) is 9.13. The molecule has 2 rings (SSSR count). The van der Waals surface area contributed by atoms with E-state index in [0.717, 1.165) is 57.4 Å². The first-order valence-electron chi connectivity index (χ1n) is 8.76. The molecular formula is C17H31N5O. The van der Waals surface area contributed by atoms with Crippen molar-refractivity contribution in [1.29, 1.82) is 0 Å². The maximum Gasteiger partial charge on any atom is 0.237 e. The van der Waals surface area contributed by atoms with Gasteiger partial charge in [-0.2, -0.15) is 0 Å². The molecule has 1 aromatic heterocycles. The lowest BCUT2D eigenvalue weighted by Crippen LogP contribution is -2.41. The quantitative estimate of drug-likeness (QED) is 0.780. The molecule has 0 bridgehead atoms. The molecule has 0 aromatic carbocycles. The van der Waals surface area contributed by atoms with Crippen molar-refractivity contribution in [2.45, 2.75) is 70.9 Å². The first-order valence-corrected chi connectivity index (χ1v) is 8.76. The Morgan fingerprint density at radius 3 is 2.74 bits per heavy atom. The van der Waals surface area contributed by atoms with Gasteiger partial charge >= 0.3 is 0 Å². The van der Waals surface area contributed by atoms with Gasteiger partial charge in [0.25, 0.3) is 0 Å². The predicted molar refractivity (Wildman–Crippen MR) is 91.2 cm³/mol. The van der Waals surface area contributed by atoms with E-state index in [-0.39, 0.29) is 17.4 Å². The molecule has 2 heterocycles. The highest BCUT2D eigenvalue weighted by Gasteiger charge is 2.27. The lowest BCUT2D eigenvalue weighted by Gasteiger charge is -2.18. The standard InChI is InChI=1S/C17H31N5O/c1-17(2,3)15-13-22(20-19-15)12-7-5-6-10-18-16(23)14-9-8-11-21(14)4/h13-14H,5-12H2,1-4H3,(H,18,23)/t14-/m0/s1. The van der Waals surface area contributed by atoms with Gasteiger partial charge < -0.3 is 5.32 Å². The minimum atomic E-state index is 0.0515. The highest BCUT2D eigenvalue weighted by Crippen LogP contribution is 2.18. The van der Waals surface area contributed by atoms with Crippen molar-refractivity contribution in [2.75, 3.05) is 20.1 Å². The summed E-state index contributed by atoms with van der Waals surface area (Å²) < 4.78 is 1.92. The number of carbonyl (C=O) groups excluding carboxylic acids is 1. The maximum atomic E-state index is 12.0. The minimum Gasteiger partial charge on any atom is -0.355 e. The maximum absolute atomic E-state index is 12.0. The van der Waals surface area contributed by atoms with Crippen molar-refractivity contribution in [3.63, 3.8) is 0 Å². The molecule has 1 saturated heterocycles. The van der Waals surface area contributed by atoms with E-state index in [1.165, 1.54) is 0 Å². The average molecular weight is 321 g/mol. The number of likely N-dealkylation sites (N-methyl/N-ethyl adjacent to an activating group) is 1. The molecular weight excluding hydrogens is 290 g/mol. The molecule has 23 heavy (non-hydrogen) atoms. The number of hydrogen-bond donors (Lipinski definition) is 1. The third-order valence-corrected chi connectivity index (χ3v) is 4.49. The number of nitrogens with one attached hydrogen (secondary N) is 1. The Hall–Kier alpha value is -1.43. The number of carbonyl (C=O) groups is 1. The second-order valence-electron chi connectivity index (χ2n) is 7.61. The van der Waals surface area contributed by atoms with Crippen LogP contribution in [0.2, 0.25) is 0 Å². The van der Waals surface area contributed by atoms with Crippen molar-refractivity contribution < 1.29 is 4.79 Å². The van der Waals surface area contributed by atoms with Crippen LogP contribution in [0.5, 0.6) is 0 Å². The predicted octanol–water partition coefficient (Wildman–Crippen LogP) is 1.96. The fourth-order valence-electron chi connectivity index (χ4n) is 2.90. The van der Waals surface area contributed by atoms with Gasteiger partial charge in [0.2, 0.25) is 5.91 Å². The number of aromatic nitrogens is 3. The summed E-state index contributed by atoms with van der Waals surface area (Å²) in [6, 6.07) is 0.0842. The molecule has 130 valence electrons. The first kappa shape index (κ1) is 17.9. The second-order valence-corrected chi connectivity index (χ2v) is 7.61. The fraction of sp³-hybridized carbons (Fsp3) is 0.824. The van der Waals surface area contributed by atoms with Crippen molar-refractivity contribution in [2.24, 2.45) is 0 Å². The fourth-order valence-corrected chi connectivity index (χ4v) is 2.90. The zero-order chi connectivity index (χ0) is 16.9. The molecule has 0 saturated carbocycles. The van der Waals surface area contributed by atoms with Crippen LogP contribution in [0.1, 0.15) is 58.6 Å². The summed E-state index contributed by atoms with van der Waals surface area (Å²) in [5.41, 5.74) is 1.08. The molecule has 0 spiro atoms. The van der Waals surface area contributed by atoms with Gasteiger partial charge in [-0.1, -0.05) is 26.0 Å². The van der Waals surface area contributed by atoms with Crippen LogP contribution in [-0.2, 0) is 16.8 Å². The molecule has 6 heteroatoms. The molecule has 1 N–H and O–H groups in total. The van der Waals surface area contributed by atoms with Crippen LogP contribution in [0.25, 0.3) is 0 Å². The normalized spacial score (nSPS) is 19.2. The molecule has 0 unspecified atom stereocenters. The number of rotatable bonds is 7. The van der Waals surface area contributed by atoms with Gasteiger partial charge in [-0.15, -0.1) is 5.10 Å². The molecule has 1 atom stereocenters. The van der Waals surface area contributed by atoms with Crippen molar-refractivity contribution in [3.8, 4) is 0 Å². The van der Waals surface area contributed by atoms with Gasteiger partial charge in [-0.3, -0.25) is 14.4 Å². The van der Waals surface area contributed by atoms with Crippen LogP contribution in [0.3, 0.4) is 0 Å². The van der Waals surface area contributed by atoms with Crippen molar-refractivity contribution >= 4 is 5.91 Å². The summed E-state index contributed by atoms with van der Waals surface area (Å²) in [5.74, 6) is 0.191. The molecule has 0 aliphatic carbocycles. The van der Waals surface area contributed by atoms with E-state index >= 15 is 0 Å². The third kappa shape index (κ3) is 5.30. The SMILES string of the molecule is CN1CCC[C@H]1C(=O)NCCCCCn1cc(C(C)(C)C)nn1. The molecule has 1 aliphatic heterocycles. The highest BCUT2D eigenvalue weighted by atomic mass is 16.2. The van der Waals surface area contributed by atoms with Crippen molar-refractivity contribution in [3.05, 3.63) is 11.9 Å². The highest BCUT2D eigenvalue weighted by molar-refractivity contribution is 5.81. The second kappa shape index (κ2) is 7.90. The van der Waals surface area contributed by atoms with E-state index in [1.807, 2.05) is 17.9 Å². The van der Waals surface area contributed by atoms with Gasteiger partial charge in [0.1, 0.15) is 0 Å². The monoisotopic (exact) mass is 321 g/mol. The van der Waals surface area contributed by atoms with Crippen molar-refractivity contribution in [1.82, 2.24) is 25.2 Å². The number of amides is 1. The van der Waals surface area contributed by atoms with E-state index in [9.17, 15) is 4.79 Å². The summed E-state index contributed by atoms with van der Waals surface area (Å²) in [7, 11) is 2.03. The molecule has 1 aromatic rings. The summed E-state index contributed by atoms with van der Waals surface area (Å²) in [5, 5.41) is 11.5. The molecule has 1 amide bonds. The smallest absolute Gasteiger partial charge is 0.237 e. The summed E-state index contributed by atoms with van der Waals surface area (Å²) >= 11 is 0. The lowest BCUT2D eigenvalue weighted by atomic mass is 9.93. The number of unbranched alkanes of at least 4 members (excludes halogenated alkanes) is 2. The number of nitrogens with zero attached hydrogens (tertiary/aromatic N) is 4. The van der Waals surface area contributed by atoms with E-state index in [0.29, 0.717) is 0 Å². The van der Waals surface area contributed by atoms with Gasteiger partial charge in [0.15, 0.2) is 0 Å². The zero-order valence-corrected chi connectivity index (χ0v) is 15.0. The number of likely N-dealkylation sites (tertiary alicyclic amines) is 1. The Kier molecular flexibility index (Phi) is 6.16. The van der Waals surface area contributed by atoms with Crippen LogP contribution in [-0.4, -0.2) is 52.0 Å². The van der Waals surface area contributed by atoms with Crippen LogP contribution in [0.4, 0.5) is 0 Å². The molecule has 0 radical (unpaired) electrons. The van der Waals surface area contributed by atoms with Crippen LogP contribution in [0, 0.1) is 0 Å².